The highest BCUT2D eigenvalue weighted by Gasteiger charge is 2.24. The predicted molar refractivity (Wildman–Crippen MR) is 132 cm³/mol. The van der Waals surface area contributed by atoms with E-state index in [4.69, 9.17) is 0 Å². The van der Waals surface area contributed by atoms with Gasteiger partial charge in [-0.2, -0.15) is 0 Å². The number of hydrogen-bond donors (Lipinski definition) is 0. The molecule has 2 heterocycles. The van der Waals surface area contributed by atoms with Crippen molar-refractivity contribution in [2.45, 2.75) is 46.2 Å². The summed E-state index contributed by atoms with van der Waals surface area (Å²) in [6, 6.07) is 10.4. The largest absolute Gasteiger partial charge is 0.374 e. The van der Waals surface area contributed by atoms with Gasteiger partial charge in [-0.05, 0) is 74.0 Å². The molecule has 0 amide bonds. The van der Waals surface area contributed by atoms with Gasteiger partial charge in [-0.3, -0.25) is 0 Å². The van der Waals surface area contributed by atoms with E-state index in [2.05, 4.69) is 87.0 Å². The molecule has 2 aromatic carbocycles. The smallest absolute Gasteiger partial charge is 0.128 e. The highest BCUT2D eigenvalue weighted by molar-refractivity contribution is 5.97. The fourth-order valence-corrected chi connectivity index (χ4v) is 4.44. The molecule has 32 heavy (non-hydrogen) atoms. The monoisotopic (exact) mass is 434 g/mol. The van der Waals surface area contributed by atoms with E-state index in [1.165, 1.54) is 40.3 Å². The predicted octanol–water partition coefficient (Wildman–Crippen LogP) is 7.26. The van der Waals surface area contributed by atoms with Crippen LogP contribution in [-0.2, 0) is 13.0 Å². The Hall–Kier alpha value is -3.14. The molecular formula is C28H32F2N2. The van der Waals surface area contributed by atoms with Gasteiger partial charge in [0, 0.05) is 34.8 Å². The third-order valence-electron chi connectivity index (χ3n) is 6.21. The molecule has 0 bridgehead atoms. The van der Waals surface area contributed by atoms with E-state index in [1.807, 2.05) is 0 Å². The molecule has 2 nitrogen and oxygen atoms in total. The number of rotatable bonds is 5. The minimum Gasteiger partial charge on any atom is -0.374 e. The van der Waals surface area contributed by atoms with Crippen LogP contribution in [0.1, 0.15) is 42.7 Å². The van der Waals surface area contributed by atoms with E-state index >= 15 is 0 Å². The molecule has 3 aromatic rings. The summed E-state index contributed by atoms with van der Waals surface area (Å²) in [7, 11) is 2.08. The second-order valence-electron chi connectivity index (χ2n) is 8.19. The lowest BCUT2D eigenvalue weighted by atomic mass is 9.93. The minimum absolute atomic E-state index is 0.230. The molecule has 1 unspecified atom stereocenters. The lowest BCUT2D eigenvalue weighted by molar-refractivity contribution is 0.413. The van der Waals surface area contributed by atoms with Gasteiger partial charge in [0.15, 0.2) is 0 Å². The van der Waals surface area contributed by atoms with E-state index in [0.717, 1.165) is 24.1 Å². The van der Waals surface area contributed by atoms with E-state index < -0.39 is 5.82 Å². The zero-order chi connectivity index (χ0) is 23.4. The third-order valence-corrected chi connectivity index (χ3v) is 6.21. The Kier molecular flexibility index (Phi) is 7.34. The van der Waals surface area contributed by atoms with Crippen LogP contribution in [-0.4, -0.2) is 22.6 Å². The summed E-state index contributed by atoms with van der Waals surface area (Å²) in [4.78, 5) is 2.19. The van der Waals surface area contributed by atoms with Crippen LogP contribution in [0, 0.1) is 18.6 Å². The van der Waals surface area contributed by atoms with Gasteiger partial charge in [-0.1, -0.05) is 25.5 Å². The molecule has 0 spiro atoms. The van der Waals surface area contributed by atoms with Crippen LogP contribution < -0.4 is 0 Å². The molecule has 1 aliphatic heterocycles. The third kappa shape index (κ3) is 4.40. The molecule has 4 heteroatoms. The fraction of sp³-hybridized carbons (Fsp3) is 0.286. The average molecular weight is 435 g/mol. The fourth-order valence-electron chi connectivity index (χ4n) is 4.44. The maximum Gasteiger partial charge on any atom is 0.128 e. The Labute approximate surface area is 190 Å². The van der Waals surface area contributed by atoms with Gasteiger partial charge in [0.1, 0.15) is 11.6 Å². The Balaban J connectivity index is 0.00000141. The number of likely N-dealkylation sites (N-methyl/N-ethyl adjacent to an activating group) is 1. The van der Waals surface area contributed by atoms with Gasteiger partial charge in [-0.15, -0.1) is 13.2 Å². The quantitative estimate of drug-likeness (QED) is 0.384. The van der Waals surface area contributed by atoms with Crippen molar-refractivity contribution in [1.29, 1.82) is 0 Å². The Morgan fingerprint density at radius 2 is 1.81 bits per heavy atom. The van der Waals surface area contributed by atoms with Crippen molar-refractivity contribution in [2.75, 3.05) is 7.05 Å². The molecule has 1 aliphatic rings. The van der Waals surface area contributed by atoms with Gasteiger partial charge in [0.2, 0.25) is 0 Å². The van der Waals surface area contributed by atoms with Gasteiger partial charge < -0.3 is 9.47 Å². The first-order valence-electron chi connectivity index (χ1n) is 11.1. The zero-order valence-electron chi connectivity index (χ0n) is 19.5. The van der Waals surface area contributed by atoms with Gasteiger partial charge in [0.25, 0.3) is 0 Å². The first-order valence-corrected chi connectivity index (χ1v) is 11.1. The lowest BCUT2D eigenvalue weighted by Crippen LogP contribution is -2.27. The van der Waals surface area contributed by atoms with Crippen molar-refractivity contribution in [3.05, 3.63) is 102 Å². The molecule has 0 fully saturated rings. The molecule has 1 atom stereocenters. The molecule has 0 radical (unpaired) electrons. The number of halogens is 2. The molecule has 4 rings (SSSR count). The van der Waals surface area contributed by atoms with Gasteiger partial charge >= 0.3 is 0 Å². The van der Waals surface area contributed by atoms with Crippen LogP contribution in [0.2, 0.25) is 0 Å². The molecular weight excluding hydrogens is 402 g/mol. The Morgan fingerprint density at radius 3 is 2.53 bits per heavy atom. The second-order valence-corrected chi connectivity index (χ2v) is 8.19. The maximum absolute atomic E-state index is 14.4. The van der Waals surface area contributed by atoms with Crippen LogP contribution in [0.4, 0.5) is 8.78 Å². The number of aromatic nitrogens is 1. The Morgan fingerprint density at radius 1 is 1.06 bits per heavy atom. The highest BCUT2D eigenvalue weighted by Crippen LogP contribution is 2.37. The molecule has 0 N–H and O–H groups in total. The second kappa shape index (κ2) is 9.99. The lowest BCUT2D eigenvalue weighted by Gasteiger charge is -2.29. The van der Waals surface area contributed by atoms with Crippen molar-refractivity contribution in [2.24, 2.45) is 0 Å². The number of allylic oxidation sites excluding steroid dienone is 2. The van der Waals surface area contributed by atoms with Crippen molar-refractivity contribution >= 4 is 16.5 Å². The Bertz CT molecular complexity index is 1170. The normalized spacial score (nSPS) is 15.5. The van der Waals surface area contributed by atoms with Gasteiger partial charge in [0.05, 0.1) is 12.6 Å². The number of benzene rings is 2. The van der Waals surface area contributed by atoms with Crippen LogP contribution in [0.3, 0.4) is 0 Å². The van der Waals surface area contributed by atoms with E-state index in [1.54, 1.807) is 0 Å². The number of hydrogen-bond acceptors (Lipinski definition) is 1. The summed E-state index contributed by atoms with van der Waals surface area (Å²) in [5.74, 6) is -0.795. The maximum atomic E-state index is 14.4. The standard InChI is InChI=1S/C26H28F2N2.C2H4/c1-5-7-19-9-12-25-23(14-19)26(22-8-6-13-29(4)17(22)2)18(3)30(25)16-20-15-21(27)10-11-24(20)28;1-2/h6,8-15,17H,5,7,16H2,1-4H3;1-2H2. The summed E-state index contributed by atoms with van der Waals surface area (Å²) >= 11 is 0. The van der Waals surface area contributed by atoms with Gasteiger partial charge in [-0.25, -0.2) is 8.78 Å². The summed E-state index contributed by atoms with van der Waals surface area (Å²) in [6.45, 7) is 12.8. The van der Waals surface area contributed by atoms with Crippen LogP contribution in [0.5, 0.6) is 0 Å². The molecule has 0 saturated carbocycles. The van der Waals surface area contributed by atoms with Crippen molar-refractivity contribution in [3.8, 4) is 0 Å². The van der Waals surface area contributed by atoms with E-state index in [0.29, 0.717) is 12.1 Å². The van der Waals surface area contributed by atoms with Crippen molar-refractivity contribution in [1.82, 2.24) is 9.47 Å². The summed E-state index contributed by atoms with van der Waals surface area (Å²) in [6.07, 6.45) is 8.42. The molecule has 168 valence electrons. The molecule has 0 aliphatic carbocycles. The topological polar surface area (TPSA) is 8.17 Å². The summed E-state index contributed by atoms with van der Waals surface area (Å²) in [5, 5.41) is 1.18. The number of nitrogens with zero attached hydrogens (tertiary/aromatic N) is 2. The van der Waals surface area contributed by atoms with E-state index in [-0.39, 0.29) is 11.9 Å². The highest BCUT2D eigenvalue weighted by atomic mass is 19.1. The first kappa shape index (κ1) is 23.5. The zero-order valence-corrected chi connectivity index (χ0v) is 19.5. The molecule has 1 aromatic heterocycles. The summed E-state index contributed by atoms with van der Waals surface area (Å²) < 4.78 is 30.3. The SMILES string of the molecule is C=C.CCCc1ccc2c(c1)c(C1=CC=CN(C)C1C)c(C)n2Cc1cc(F)ccc1F. The first-order chi connectivity index (χ1) is 15.4. The molecule has 0 saturated heterocycles. The number of fused-ring (bicyclic) bond motifs is 1. The summed E-state index contributed by atoms with van der Waals surface area (Å²) in [5.41, 5.74) is 6.23. The van der Waals surface area contributed by atoms with Crippen LogP contribution >= 0.6 is 0 Å². The van der Waals surface area contributed by atoms with Crippen molar-refractivity contribution < 1.29 is 8.78 Å². The van der Waals surface area contributed by atoms with Crippen molar-refractivity contribution in [3.63, 3.8) is 0 Å². The van der Waals surface area contributed by atoms with E-state index in [9.17, 15) is 8.78 Å². The minimum atomic E-state index is -0.415. The average Bonchev–Trinajstić information content (AvgIpc) is 3.05. The number of aryl methyl sites for hydroxylation is 1. The van der Waals surface area contributed by atoms with Crippen LogP contribution in [0.15, 0.2) is 67.9 Å². The van der Waals surface area contributed by atoms with Crippen LogP contribution in [0.25, 0.3) is 16.5 Å².